The molecule has 0 saturated carbocycles. The number of methoxy groups -OCH3 is 2. The highest BCUT2D eigenvalue weighted by molar-refractivity contribution is 9.10. The van der Waals surface area contributed by atoms with Crippen molar-refractivity contribution in [3.63, 3.8) is 0 Å². The molecule has 0 aliphatic carbocycles. The summed E-state index contributed by atoms with van der Waals surface area (Å²) in [7, 11) is 2.29. The second-order valence-corrected chi connectivity index (χ2v) is 6.93. The summed E-state index contributed by atoms with van der Waals surface area (Å²) in [6.07, 6.45) is -4.70. The van der Waals surface area contributed by atoms with Crippen LogP contribution < -0.4 is 5.32 Å². The van der Waals surface area contributed by atoms with E-state index in [0.717, 1.165) is 18.9 Å². The average Bonchev–Trinajstić information content (AvgIpc) is 3.00. The van der Waals surface area contributed by atoms with Gasteiger partial charge in [0, 0.05) is 5.69 Å². The molecule has 0 aliphatic rings. The Morgan fingerprint density at radius 3 is 2.00 bits per heavy atom. The number of alkyl halides is 3. The Balaban J connectivity index is 2.38. The van der Waals surface area contributed by atoms with Crippen LogP contribution in [-0.4, -0.2) is 41.8 Å². The van der Waals surface area contributed by atoms with Gasteiger partial charge >= 0.3 is 18.1 Å². The van der Waals surface area contributed by atoms with Gasteiger partial charge in [0.1, 0.15) is 6.04 Å². The first-order chi connectivity index (χ1) is 13.9. The molecule has 1 N–H and O–H groups in total. The summed E-state index contributed by atoms with van der Waals surface area (Å²) < 4.78 is 49.1. The third-order valence-electron chi connectivity index (χ3n) is 4.13. The third-order valence-corrected chi connectivity index (χ3v) is 5.08. The standard InChI is InChI=1S/C18H17BrF3N3O5/c1-8-13(19)14(18(20,21)22)24-25(8)9(2)15(26)23-12-6-10(16(27)29-3)5-11(7-12)17(28)30-4/h5-7,9H,1-4H3,(H,23,26). The van der Waals surface area contributed by atoms with Crippen molar-refractivity contribution in [3.8, 4) is 0 Å². The van der Waals surface area contributed by atoms with Crippen molar-refractivity contribution < 1.29 is 37.0 Å². The number of hydrogen-bond donors (Lipinski definition) is 1. The van der Waals surface area contributed by atoms with E-state index in [-0.39, 0.29) is 27.0 Å². The maximum atomic E-state index is 13.1. The smallest absolute Gasteiger partial charge is 0.436 e. The fraction of sp³-hybridized carbons (Fsp3) is 0.333. The number of amides is 1. The monoisotopic (exact) mass is 491 g/mol. The molecule has 0 saturated heterocycles. The number of carbonyl (C=O) groups excluding carboxylic acids is 3. The largest absolute Gasteiger partial charge is 0.465 e. The number of halogens is 4. The summed E-state index contributed by atoms with van der Waals surface area (Å²) in [5, 5.41) is 5.96. The number of anilines is 1. The van der Waals surface area contributed by atoms with E-state index < -0.39 is 35.8 Å². The first-order valence-electron chi connectivity index (χ1n) is 8.35. The van der Waals surface area contributed by atoms with Gasteiger partial charge in [0.05, 0.1) is 35.5 Å². The Bertz CT molecular complexity index is 969. The summed E-state index contributed by atoms with van der Waals surface area (Å²) >= 11 is 2.85. The van der Waals surface area contributed by atoms with Gasteiger partial charge in [-0.1, -0.05) is 0 Å². The predicted octanol–water partition coefficient (Wildman–Crippen LogP) is 3.75. The number of benzene rings is 1. The van der Waals surface area contributed by atoms with E-state index in [9.17, 15) is 27.6 Å². The number of ether oxygens (including phenoxy) is 2. The van der Waals surface area contributed by atoms with Crippen molar-refractivity contribution in [1.82, 2.24) is 9.78 Å². The molecule has 0 aliphatic heterocycles. The molecule has 1 amide bonds. The lowest BCUT2D eigenvalue weighted by molar-refractivity contribution is -0.142. The number of rotatable bonds is 5. The molecule has 0 radical (unpaired) electrons. The Hall–Kier alpha value is -2.89. The van der Waals surface area contributed by atoms with E-state index >= 15 is 0 Å². The summed E-state index contributed by atoms with van der Waals surface area (Å²) in [4.78, 5) is 36.3. The van der Waals surface area contributed by atoms with Crippen molar-refractivity contribution in [2.75, 3.05) is 19.5 Å². The Morgan fingerprint density at radius 2 is 1.60 bits per heavy atom. The van der Waals surface area contributed by atoms with E-state index in [1.165, 1.54) is 32.0 Å². The second-order valence-electron chi connectivity index (χ2n) is 6.14. The molecule has 1 aromatic carbocycles. The van der Waals surface area contributed by atoms with Crippen LogP contribution in [0.3, 0.4) is 0 Å². The van der Waals surface area contributed by atoms with Crippen molar-refractivity contribution >= 4 is 39.5 Å². The number of esters is 2. The maximum Gasteiger partial charge on any atom is 0.436 e. The van der Waals surface area contributed by atoms with Gasteiger partial charge in [-0.15, -0.1) is 0 Å². The minimum Gasteiger partial charge on any atom is -0.465 e. The topological polar surface area (TPSA) is 99.5 Å². The predicted molar refractivity (Wildman–Crippen MR) is 102 cm³/mol. The Labute approximate surface area is 177 Å². The van der Waals surface area contributed by atoms with Crippen LogP contribution in [0.1, 0.15) is 45.1 Å². The minimum atomic E-state index is -4.70. The van der Waals surface area contributed by atoms with Crippen LogP contribution in [0.5, 0.6) is 0 Å². The highest BCUT2D eigenvalue weighted by Gasteiger charge is 2.39. The summed E-state index contributed by atoms with van der Waals surface area (Å²) in [6.45, 7) is 2.73. The highest BCUT2D eigenvalue weighted by Crippen LogP contribution is 2.36. The molecule has 0 spiro atoms. The molecular formula is C18H17BrF3N3O5. The van der Waals surface area contributed by atoms with Crippen LogP contribution in [0.25, 0.3) is 0 Å². The first-order valence-corrected chi connectivity index (χ1v) is 9.14. The van der Waals surface area contributed by atoms with Crippen molar-refractivity contribution in [1.29, 1.82) is 0 Å². The van der Waals surface area contributed by atoms with Gasteiger partial charge in [0.15, 0.2) is 5.69 Å². The lowest BCUT2D eigenvalue weighted by atomic mass is 10.1. The number of carbonyl (C=O) groups is 3. The summed E-state index contributed by atoms with van der Waals surface area (Å²) in [6, 6.07) is 2.60. The van der Waals surface area contributed by atoms with Crippen molar-refractivity contribution in [2.24, 2.45) is 0 Å². The van der Waals surface area contributed by atoms with Gasteiger partial charge in [-0.05, 0) is 48.0 Å². The molecule has 1 atom stereocenters. The minimum absolute atomic E-state index is 0.0271. The van der Waals surface area contributed by atoms with Crippen LogP contribution >= 0.6 is 15.9 Å². The molecule has 1 aromatic heterocycles. The van der Waals surface area contributed by atoms with E-state index in [1.54, 1.807) is 0 Å². The second kappa shape index (κ2) is 8.86. The third kappa shape index (κ3) is 4.81. The Kier molecular flexibility index (Phi) is 6.91. The zero-order valence-corrected chi connectivity index (χ0v) is 17.8. The lowest BCUT2D eigenvalue weighted by Crippen LogP contribution is -2.26. The maximum absolute atomic E-state index is 13.1. The van der Waals surface area contributed by atoms with E-state index in [4.69, 9.17) is 0 Å². The number of aromatic nitrogens is 2. The average molecular weight is 492 g/mol. The number of hydrogen-bond acceptors (Lipinski definition) is 6. The van der Waals surface area contributed by atoms with Gasteiger partial charge in [0.2, 0.25) is 5.91 Å². The number of nitrogens with zero attached hydrogens (tertiary/aromatic N) is 2. The SMILES string of the molecule is COC(=O)c1cc(NC(=O)C(C)n2nc(C(F)(F)F)c(Br)c2C)cc(C(=O)OC)c1. The number of nitrogens with one attached hydrogen (secondary N) is 1. The van der Waals surface area contributed by atoms with Gasteiger partial charge in [-0.2, -0.15) is 18.3 Å². The quantitative estimate of drug-likeness (QED) is 0.639. The molecule has 0 bridgehead atoms. The molecule has 12 heteroatoms. The summed E-state index contributed by atoms with van der Waals surface area (Å²) in [5.74, 6) is -2.24. The molecule has 1 unspecified atom stereocenters. The van der Waals surface area contributed by atoms with Crippen LogP contribution in [0.4, 0.5) is 18.9 Å². The zero-order chi connectivity index (χ0) is 22.8. The fourth-order valence-electron chi connectivity index (χ4n) is 2.59. The van der Waals surface area contributed by atoms with E-state index in [2.05, 4.69) is 35.8 Å². The van der Waals surface area contributed by atoms with Crippen LogP contribution in [-0.2, 0) is 20.4 Å². The van der Waals surface area contributed by atoms with Gasteiger partial charge in [-0.3, -0.25) is 9.48 Å². The molecule has 0 fully saturated rings. The Morgan fingerprint density at radius 1 is 1.10 bits per heavy atom. The normalized spacial score (nSPS) is 12.3. The first kappa shape index (κ1) is 23.4. The molecule has 2 rings (SSSR count). The molecular weight excluding hydrogens is 475 g/mol. The molecule has 30 heavy (non-hydrogen) atoms. The molecule has 8 nitrogen and oxygen atoms in total. The molecule has 2 aromatic rings. The van der Waals surface area contributed by atoms with Crippen LogP contribution in [0.15, 0.2) is 22.7 Å². The lowest BCUT2D eigenvalue weighted by Gasteiger charge is -2.15. The fourth-order valence-corrected chi connectivity index (χ4v) is 3.07. The highest BCUT2D eigenvalue weighted by atomic mass is 79.9. The van der Waals surface area contributed by atoms with Gasteiger partial charge in [-0.25, -0.2) is 9.59 Å². The van der Waals surface area contributed by atoms with Crippen LogP contribution in [0, 0.1) is 6.92 Å². The van der Waals surface area contributed by atoms with Gasteiger partial charge in [0.25, 0.3) is 0 Å². The summed E-state index contributed by atoms with van der Waals surface area (Å²) in [5.41, 5.74) is -1.06. The van der Waals surface area contributed by atoms with E-state index in [1.807, 2.05) is 0 Å². The molecule has 1 heterocycles. The van der Waals surface area contributed by atoms with E-state index in [0.29, 0.717) is 0 Å². The zero-order valence-electron chi connectivity index (χ0n) is 16.3. The van der Waals surface area contributed by atoms with Gasteiger partial charge < -0.3 is 14.8 Å². The van der Waals surface area contributed by atoms with Crippen molar-refractivity contribution in [3.05, 3.63) is 45.2 Å². The molecule has 162 valence electrons. The van der Waals surface area contributed by atoms with Crippen LogP contribution in [0.2, 0.25) is 0 Å². The van der Waals surface area contributed by atoms with Crippen molar-refractivity contribution in [2.45, 2.75) is 26.1 Å².